The summed E-state index contributed by atoms with van der Waals surface area (Å²) in [5, 5.41) is 0.209. The Morgan fingerprint density at radius 1 is 1.65 bits per heavy atom. The highest BCUT2D eigenvalue weighted by atomic mass is 35.5. The summed E-state index contributed by atoms with van der Waals surface area (Å²) < 4.78 is 5.14. The molecule has 92 valence electrons. The molecule has 0 N–H and O–H groups in total. The molecular weight excluding hydrogens is 242 g/mol. The number of carbonyl (C=O) groups is 1. The second-order valence-corrected chi connectivity index (χ2v) is 4.43. The van der Waals surface area contributed by atoms with Crippen molar-refractivity contribution in [2.45, 2.75) is 6.42 Å². The van der Waals surface area contributed by atoms with E-state index in [9.17, 15) is 4.79 Å². The molecule has 1 saturated heterocycles. The molecule has 1 aliphatic rings. The quantitative estimate of drug-likeness (QED) is 0.602. The Balaban J connectivity index is 2.18. The minimum atomic E-state index is 0.209. The first-order valence-electron chi connectivity index (χ1n) is 5.45. The lowest BCUT2D eigenvalue weighted by Gasteiger charge is -2.18. The zero-order valence-corrected chi connectivity index (χ0v) is 10.4. The third kappa shape index (κ3) is 2.56. The van der Waals surface area contributed by atoms with Gasteiger partial charge in [0.2, 0.25) is 0 Å². The fraction of sp³-hybridized carbons (Fsp3) is 0.545. The van der Waals surface area contributed by atoms with Crippen LogP contribution >= 0.6 is 11.6 Å². The van der Waals surface area contributed by atoms with Gasteiger partial charge in [0.15, 0.2) is 6.29 Å². The average molecular weight is 256 g/mol. The maximum atomic E-state index is 11.0. The van der Waals surface area contributed by atoms with Crippen molar-refractivity contribution in [3.05, 3.63) is 17.0 Å². The molecule has 2 heterocycles. The predicted molar refractivity (Wildman–Crippen MR) is 64.6 cm³/mol. The molecule has 1 aromatic rings. The highest BCUT2D eigenvalue weighted by Crippen LogP contribution is 2.27. The number of anilines is 1. The van der Waals surface area contributed by atoms with Gasteiger partial charge in [-0.25, -0.2) is 9.97 Å². The Morgan fingerprint density at radius 2 is 2.47 bits per heavy atom. The Hall–Kier alpha value is -1.20. The van der Waals surface area contributed by atoms with Crippen molar-refractivity contribution in [1.82, 2.24) is 9.97 Å². The molecule has 1 atom stereocenters. The number of carbonyl (C=O) groups excluding carboxylic acids is 1. The molecule has 0 aliphatic carbocycles. The van der Waals surface area contributed by atoms with Crippen LogP contribution in [0.15, 0.2) is 6.33 Å². The Labute approximate surface area is 105 Å². The maximum absolute atomic E-state index is 11.0. The number of hydrogen-bond acceptors (Lipinski definition) is 5. The van der Waals surface area contributed by atoms with Gasteiger partial charge in [-0.05, 0) is 6.42 Å². The molecule has 1 fully saturated rings. The standard InChI is InChI=1S/C11H14ClN3O2/c1-17-6-8-2-3-15(4-8)11-9(5-16)10(12)13-7-14-11/h5,7-8H,2-4,6H2,1H3. The van der Waals surface area contributed by atoms with Gasteiger partial charge in [-0.2, -0.15) is 0 Å². The minimum absolute atomic E-state index is 0.209. The number of aldehydes is 1. The van der Waals surface area contributed by atoms with Gasteiger partial charge in [0.1, 0.15) is 17.3 Å². The molecule has 0 aromatic carbocycles. The Kier molecular flexibility index (Phi) is 3.91. The summed E-state index contributed by atoms with van der Waals surface area (Å²) in [6.45, 7) is 2.43. The van der Waals surface area contributed by atoms with Crippen LogP contribution in [0, 0.1) is 5.92 Å². The molecule has 0 bridgehead atoms. The summed E-state index contributed by atoms with van der Waals surface area (Å²) in [4.78, 5) is 21.0. The number of hydrogen-bond donors (Lipinski definition) is 0. The lowest BCUT2D eigenvalue weighted by Crippen LogP contribution is -2.23. The fourth-order valence-electron chi connectivity index (χ4n) is 2.12. The van der Waals surface area contributed by atoms with E-state index in [0.29, 0.717) is 23.6 Å². The van der Waals surface area contributed by atoms with Gasteiger partial charge in [-0.3, -0.25) is 4.79 Å². The van der Waals surface area contributed by atoms with E-state index in [0.717, 1.165) is 26.1 Å². The number of aromatic nitrogens is 2. The first-order valence-corrected chi connectivity index (χ1v) is 5.83. The van der Waals surface area contributed by atoms with Crippen LogP contribution in [-0.2, 0) is 4.74 Å². The van der Waals surface area contributed by atoms with Crippen LogP contribution in [0.2, 0.25) is 5.15 Å². The molecule has 5 nitrogen and oxygen atoms in total. The average Bonchev–Trinajstić information content (AvgIpc) is 2.78. The van der Waals surface area contributed by atoms with E-state index < -0.39 is 0 Å². The zero-order chi connectivity index (χ0) is 12.3. The van der Waals surface area contributed by atoms with Gasteiger partial charge >= 0.3 is 0 Å². The van der Waals surface area contributed by atoms with Crippen molar-refractivity contribution in [3.63, 3.8) is 0 Å². The van der Waals surface area contributed by atoms with E-state index in [1.807, 2.05) is 0 Å². The maximum Gasteiger partial charge on any atom is 0.156 e. The van der Waals surface area contributed by atoms with Gasteiger partial charge in [0, 0.05) is 26.1 Å². The van der Waals surface area contributed by atoms with Crippen molar-refractivity contribution in [2.75, 3.05) is 31.7 Å². The fourth-order valence-corrected chi connectivity index (χ4v) is 2.29. The molecule has 0 saturated carbocycles. The van der Waals surface area contributed by atoms with Crippen LogP contribution in [0.25, 0.3) is 0 Å². The van der Waals surface area contributed by atoms with Gasteiger partial charge in [-0.1, -0.05) is 11.6 Å². The summed E-state index contributed by atoms with van der Waals surface area (Å²) in [6.07, 6.45) is 3.13. The lowest BCUT2D eigenvalue weighted by molar-refractivity contribution is 0.112. The third-order valence-corrected chi connectivity index (χ3v) is 3.22. The smallest absolute Gasteiger partial charge is 0.156 e. The minimum Gasteiger partial charge on any atom is -0.384 e. The van der Waals surface area contributed by atoms with E-state index in [2.05, 4.69) is 14.9 Å². The summed E-state index contributed by atoms with van der Waals surface area (Å²) in [5.41, 5.74) is 0.368. The van der Waals surface area contributed by atoms with Crippen LogP contribution < -0.4 is 4.90 Å². The molecule has 2 rings (SSSR count). The third-order valence-electron chi connectivity index (χ3n) is 2.92. The first-order chi connectivity index (χ1) is 8.26. The molecule has 17 heavy (non-hydrogen) atoms. The van der Waals surface area contributed by atoms with Crippen LogP contribution in [0.4, 0.5) is 5.82 Å². The van der Waals surface area contributed by atoms with Crippen LogP contribution in [-0.4, -0.2) is 43.1 Å². The van der Waals surface area contributed by atoms with E-state index in [1.165, 1.54) is 6.33 Å². The second-order valence-electron chi connectivity index (χ2n) is 4.08. The molecule has 1 unspecified atom stereocenters. The number of rotatable bonds is 4. The van der Waals surface area contributed by atoms with Crippen molar-refractivity contribution in [2.24, 2.45) is 5.92 Å². The van der Waals surface area contributed by atoms with Gasteiger partial charge in [0.25, 0.3) is 0 Å². The number of ether oxygens (including phenoxy) is 1. The van der Waals surface area contributed by atoms with Crippen molar-refractivity contribution in [3.8, 4) is 0 Å². The van der Waals surface area contributed by atoms with Gasteiger partial charge < -0.3 is 9.64 Å². The highest BCUT2D eigenvalue weighted by molar-refractivity contribution is 6.32. The topological polar surface area (TPSA) is 55.3 Å². The Morgan fingerprint density at radius 3 is 3.18 bits per heavy atom. The van der Waals surface area contributed by atoms with Crippen LogP contribution in [0.1, 0.15) is 16.8 Å². The Bertz CT molecular complexity index is 414. The molecular formula is C11H14ClN3O2. The van der Waals surface area contributed by atoms with Gasteiger partial charge in [-0.15, -0.1) is 0 Å². The van der Waals surface area contributed by atoms with E-state index in [1.54, 1.807) is 7.11 Å². The van der Waals surface area contributed by atoms with E-state index >= 15 is 0 Å². The lowest BCUT2D eigenvalue weighted by atomic mass is 10.1. The summed E-state index contributed by atoms with van der Waals surface area (Å²) in [5.74, 6) is 1.10. The summed E-state index contributed by atoms with van der Waals surface area (Å²) in [7, 11) is 1.70. The highest BCUT2D eigenvalue weighted by Gasteiger charge is 2.25. The summed E-state index contributed by atoms with van der Waals surface area (Å²) in [6, 6.07) is 0. The van der Waals surface area contributed by atoms with Gasteiger partial charge in [0.05, 0.1) is 12.2 Å². The molecule has 0 spiro atoms. The molecule has 0 radical (unpaired) electrons. The number of methoxy groups -OCH3 is 1. The molecule has 1 aliphatic heterocycles. The molecule has 6 heteroatoms. The predicted octanol–water partition coefficient (Wildman–Crippen LogP) is 1.42. The van der Waals surface area contributed by atoms with E-state index in [-0.39, 0.29) is 5.15 Å². The van der Waals surface area contributed by atoms with Crippen molar-refractivity contribution < 1.29 is 9.53 Å². The van der Waals surface area contributed by atoms with Crippen LogP contribution in [0.5, 0.6) is 0 Å². The van der Waals surface area contributed by atoms with Crippen LogP contribution in [0.3, 0.4) is 0 Å². The SMILES string of the molecule is COCC1CCN(c2ncnc(Cl)c2C=O)C1. The summed E-state index contributed by atoms with van der Waals surface area (Å²) >= 11 is 5.87. The number of halogens is 1. The first kappa shape index (κ1) is 12.3. The molecule has 1 aromatic heterocycles. The number of nitrogens with zero attached hydrogens (tertiary/aromatic N) is 3. The second kappa shape index (κ2) is 5.42. The normalized spacial score (nSPS) is 19.6. The monoisotopic (exact) mass is 255 g/mol. The van der Waals surface area contributed by atoms with E-state index in [4.69, 9.17) is 16.3 Å². The van der Waals surface area contributed by atoms with Crippen molar-refractivity contribution in [1.29, 1.82) is 0 Å². The van der Waals surface area contributed by atoms with Crippen molar-refractivity contribution >= 4 is 23.7 Å². The zero-order valence-electron chi connectivity index (χ0n) is 9.60. The largest absolute Gasteiger partial charge is 0.384 e. The molecule has 0 amide bonds.